The summed E-state index contributed by atoms with van der Waals surface area (Å²) in [7, 11) is 0. The zero-order chi connectivity index (χ0) is 17.3. The average molecular weight is 323 g/mol. The number of benzene rings is 2. The Morgan fingerprint density at radius 1 is 1.13 bits per heavy atom. The Morgan fingerprint density at radius 3 is 2.35 bits per heavy atom. The first-order valence-corrected chi connectivity index (χ1v) is 6.94. The predicted octanol–water partition coefficient (Wildman–Crippen LogP) is 3.86. The number of halogens is 3. The third-order valence-corrected chi connectivity index (χ3v) is 3.75. The number of aliphatic carboxylic acids is 1. The van der Waals surface area contributed by atoms with Crippen molar-refractivity contribution in [3.8, 4) is 11.1 Å². The number of hydrogen-bond acceptors (Lipinski definition) is 2. The highest BCUT2D eigenvalue weighted by Gasteiger charge is 2.22. The molecule has 0 spiro atoms. The van der Waals surface area contributed by atoms with Crippen LogP contribution in [0, 0.1) is 31.3 Å². The van der Waals surface area contributed by atoms with Gasteiger partial charge in [-0.2, -0.15) is 0 Å². The normalized spacial score (nSPS) is 12.3. The molecule has 3 nitrogen and oxygen atoms in total. The summed E-state index contributed by atoms with van der Waals surface area (Å²) in [5.41, 5.74) is 6.97. The van der Waals surface area contributed by atoms with E-state index in [4.69, 9.17) is 10.8 Å². The van der Waals surface area contributed by atoms with Gasteiger partial charge in [0.1, 0.15) is 5.82 Å². The second-order valence-corrected chi connectivity index (χ2v) is 5.43. The van der Waals surface area contributed by atoms with E-state index in [0.29, 0.717) is 16.7 Å². The number of carboxylic acid groups (broad SMARTS) is 1. The molecule has 0 aliphatic rings. The monoisotopic (exact) mass is 323 g/mol. The molecule has 6 heteroatoms. The Morgan fingerprint density at radius 2 is 1.78 bits per heavy atom. The van der Waals surface area contributed by atoms with E-state index in [2.05, 4.69) is 0 Å². The standard InChI is InChI=1S/C17H16F3NO2/c1-8-5-10(18)3-4-11(8)12-6-13(14(21)7-15(22)23)17(20)16(19)9(12)2/h3-6,14H,7,21H2,1-2H3,(H,22,23). The van der Waals surface area contributed by atoms with Crippen molar-refractivity contribution in [1.29, 1.82) is 0 Å². The van der Waals surface area contributed by atoms with Gasteiger partial charge in [0.15, 0.2) is 11.6 Å². The summed E-state index contributed by atoms with van der Waals surface area (Å²) in [5, 5.41) is 8.78. The van der Waals surface area contributed by atoms with Crippen LogP contribution in [-0.4, -0.2) is 11.1 Å². The Kier molecular flexibility index (Phi) is 4.75. The molecule has 1 atom stereocenters. The van der Waals surface area contributed by atoms with Crippen LogP contribution < -0.4 is 5.73 Å². The maximum absolute atomic E-state index is 14.2. The molecule has 2 aromatic rings. The van der Waals surface area contributed by atoms with E-state index in [0.717, 1.165) is 0 Å². The third-order valence-electron chi connectivity index (χ3n) is 3.75. The van der Waals surface area contributed by atoms with E-state index in [1.165, 1.54) is 31.2 Å². The zero-order valence-electron chi connectivity index (χ0n) is 12.7. The van der Waals surface area contributed by atoms with Gasteiger partial charge in [0.25, 0.3) is 0 Å². The zero-order valence-corrected chi connectivity index (χ0v) is 12.7. The van der Waals surface area contributed by atoms with Gasteiger partial charge in [-0.15, -0.1) is 0 Å². The lowest BCUT2D eigenvalue weighted by atomic mass is 9.91. The molecule has 2 rings (SSSR count). The lowest BCUT2D eigenvalue weighted by molar-refractivity contribution is -0.137. The molecular weight excluding hydrogens is 307 g/mol. The van der Waals surface area contributed by atoms with E-state index in [9.17, 15) is 18.0 Å². The van der Waals surface area contributed by atoms with Crippen LogP contribution in [0.4, 0.5) is 13.2 Å². The summed E-state index contributed by atoms with van der Waals surface area (Å²) in [6.07, 6.45) is -0.527. The van der Waals surface area contributed by atoms with Crippen molar-refractivity contribution in [2.24, 2.45) is 5.73 Å². The smallest absolute Gasteiger partial charge is 0.305 e. The molecule has 0 bridgehead atoms. The van der Waals surface area contributed by atoms with Crippen LogP contribution in [0.2, 0.25) is 0 Å². The van der Waals surface area contributed by atoms with Crippen LogP contribution in [0.3, 0.4) is 0 Å². The Balaban J connectivity index is 2.65. The molecular formula is C17H16F3NO2. The van der Waals surface area contributed by atoms with E-state index in [1.54, 1.807) is 6.92 Å². The van der Waals surface area contributed by atoms with Crippen molar-refractivity contribution in [3.05, 3.63) is 58.4 Å². The molecule has 0 radical (unpaired) electrons. The SMILES string of the molecule is Cc1cc(F)ccc1-c1cc(C(N)CC(=O)O)c(F)c(F)c1C. The second kappa shape index (κ2) is 6.42. The largest absolute Gasteiger partial charge is 0.481 e. The molecule has 0 saturated carbocycles. The van der Waals surface area contributed by atoms with Crippen molar-refractivity contribution in [2.75, 3.05) is 0 Å². The van der Waals surface area contributed by atoms with Gasteiger partial charge >= 0.3 is 5.97 Å². The van der Waals surface area contributed by atoms with Crippen LogP contribution in [0.15, 0.2) is 24.3 Å². The summed E-state index contributed by atoms with van der Waals surface area (Å²) in [6.45, 7) is 3.05. The average Bonchev–Trinajstić information content (AvgIpc) is 2.45. The highest BCUT2D eigenvalue weighted by Crippen LogP contribution is 2.33. The molecule has 0 saturated heterocycles. The Bertz CT molecular complexity index is 775. The van der Waals surface area contributed by atoms with E-state index in [1.807, 2.05) is 0 Å². The third kappa shape index (κ3) is 3.37. The molecule has 0 amide bonds. The number of rotatable bonds is 4. The van der Waals surface area contributed by atoms with Crippen molar-refractivity contribution < 1.29 is 23.1 Å². The van der Waals surface area contributed by atoms with Gasteiger partial charge in [0.2, 0.25) is 0 Å². The van der Waals surface area contributed by atoms with Gasteiger partial charge in [-0.25, -0.2) is 13.2 Å². The van der Waals surface area contributed by atoms with Crippen LogP contribution in [0.1, 0.15) is 29.2 Å². The van der Waals surface area contributed by atoms with Crippen LogP contribution in [0.25, 0.3) is 11.1 Å². The maximum Gasteiger partial charge on any atom is 0.305 e. The lowest BCUT2D eigenvalue weighted by Crippen LogP contribution is -2.17. The quantitative estimate of drug-likeness (QED) is 0.898. The summed E-state index contributed by atoms with van der Waals surface area (Å²) < 4.78 is 41.5. The minimum absolute atomic E-state index is 0.0588. The maximum atomic E-state index is 14.2. The molecule has 0 fully saturated rings. The molecule has 3 N–H and O–H groups in total. The highest BCUT2D eigenvalue weighted by molar-refractivity contribution is 5.72. The van der Waals surface area contributed by atoms with Gasteiger partial charge in [-0.05, 0) is 54.3 Å². The fourth-order valence-corrected chi connectivity index (χ4v) is 2.51. The molecule has 23 heavy (non-hydrogen) atoms. The van der Waals surface area contributed by atoms with Crippen LogP contribution in [0.5, 0.6) is 0 Å². The lowest BCUT2D eigenvalue weighted by Gasteiger charge is -2.17. The Labute approximate surface area is 131 Å². The van der Waals surface area contributed by atoms with Gasteiger partial charge < -0.3 is 10.8 Å². The molecule has 2 aromatic carbocycles. The predicted molar refractivity (Wildman–Crippen MR) is 80.4 cm³/mol. The molecule has 0 aromatic heterocycles. The van der Waals surface area contributed by atoms with E-state index >= 15 is 0 Å². The van der Waals surface area contributed by atoms with Crippen molar-refractivity contribution in [2.45, 2.75) is 26.3 Å². The molecule has 0 aliphatic carbocycles. The van der Waals surface area contributed by atoms with Gasteiger partial charge in [0, 0.05) is 11.6 Å². The minimum atomic E-state index is -1.21. The van der Waals surface area contributed by atoms with Crippen molar-refractivity contribution >= 4 is 5.97 Å². The van der Waals surface area contributed by atoms with Crippen LogP contribution >= 0.6 is 0 Å². The number of nitrogens with two attached hydrogens (primary N) is 1. The first-order valence-electron chi connectivity index (χ1n) is 6.94. The number of carbonyl (C=O) groups is 1. The molecule has 122 valence electrons. The summed E-state index contributed by atoms with van der Waals surface area (Å²) in [6, 6.07) is 4.13. The number of aryl methyl sites for hydroxylation is 1. The molecule has 0 aliphatic heterocycles. The number of carboxylic acids is 1. The molecule has 0 heterocycles. The number of hydrogen-bond donors (Lipinski definition) is 2. The minimum Gasteiger partial charge on any atom is -0.481 e. The van der Waals surface area contributed by atoms with Crippen molar-refractivity contribution in [3.63, 3.8) is 0 Å². The van der Waals surface area contributed by atoms with E-state index < -0.39 is 35.9 Å². The topological polar surface area (TPSA) is 63.3 Å². The second-order valence-electron chi connectivity index (χ2n) is 5.43. The fraction of sp³-hybridized carbons (Fsp3) is 0.235. The van der Waals surface area contributed by atoms with Gasteiger partial charge in [0.05, 0.1) is 6.42 Å². The molecule has 1 unspecified atom stereocenters. The van der Waals surface area contributed by atoms with E-state index in [-0.39, 0.29) is 11.1 Å². The summed E-state index contributed by atoms with van der Waals surface area (Å²) >= 11 is 0. The van der Waals surface area contributed by atoms with Crippen molar-refractivity contribution in [1.82, 2.24) is 0 Å². The van der Waals surface area contributed by atoms with Gasteiger partial charge in [-0.3, -0.25) is 4.79 Å². The Hall–Kier alpha value is -2.34. The first kappa shape index (κ1) is 17.0. The summed E-state index contributed by atoms with van der Waals surface area (Å²) in [4.78, 5) is 10.8. The highest BCUT2D eigenvalue weighted by atomic mass is 19.2. The summed E-state index contributed by atoms with van der Waals surface area (Å²) in [5.74, 6) is -3.88. The van der Waals surface area contributed by atoms with Gasteiger partial charge in [-0.1, -0.05) is 6.07 Å². The fourth-order valence-electron chi connectivity index (χ4n) is 2.51. The van der Waals surface area contributed by atoms with Crippen LogP contribution in [-0.2, 0) is 4.79 Å². The first-order chi connectivity index (χ1) is 10.7.